The molecule has 8 heteroatoms. The van der Waals surface area contributed by atoms with Gasteiger partial charge >= 0.3 is 0 Å². The van der Waals surface area contributed by atoms with Crippen LogP contribution in [-0.2, 0) is 27.4 Å². The Morgan fingerprint density at radius 3 is 1.73 bits per heavy atom. The lowest BCUT2D eigenvalue weighted by Gasteiger charge is -2.41. The fraction of sp³-hybridized carbons (Fsp3) is 0.455. The predicted octanol–water partition coefficient (Wildman–Crippen LogP) is 2.22. The van der Waals surface area contributed by atoms with Crippen LogP contribution in [-0.4, -0.2) is 61.8 Å². The summed E-state index contributed by atoms with van der Waals surface area (Å²) >= 11 is 0. The van der Waals surface area contributed by atoms with Gasteiger partial charge in [0.25, 0.3) is 0 Å². The van der Waals surface area contributed by atoms with E-state index in [-0.39, 0.29) is 13.2 Å². The molecule has 30 heavy (non-hydrogen) atoms. The summed E-state index contributed by atoms with van der Waals surface area (Å²) in [6.07, 6.45) is -6.39. The van der Waals surface area contributed by atoms with Crippen LogP contribution in [0.4, 0.5) is 4.39 Å². The summed E-state index contributed by atoms with van der Waals surface area (Å²) in [6.45, 7) is -0.178. The summed E-state index contributed by atoms with van der Waals surface area (Å²) < 4.78 is 41.2. The minimum Gasteiger partial charge on any atom is -0.497 e. The van der Waals surface area contributed by atoms with Gasteiger partial charge in [-0.05, 0) is 35.4 Å². The van der Waals surface area contributed by atoms with Crippen LogP contribution in [0, 0.1) is 0 Å². The normalized spacial score (nSPS) is 26.4. The van der Waals surface area contributed by atoms with E-state index >= 15 is 0 Å². The third-order valence-electron chi connectivity index (χ3n) is 4.98. The molecule has 0 bridgehead atoms. The Balaban J connectivity index is 1.69. The lowest BCUT2D eigenvalue weighted by molar-refractivity contribution is -0.285. The van der Waals surface area contributed by atoms with E-state index < -0.39 is 37.4 Å². The Kier molecular flexibility index (Phi) is 8.01. The van der Waals surface area contributed by atoms with Gasteiger partial charge < -0.3 is 33.9 Å². The Bertz CT molecular complexity index is 717. The highest BCUT2D eigenvalue weighted by Gasteiger charge is 2.47. The summed E-state index contributed by atoms with van der Waals surface area (Å²) in [5.74, 6) is 1.42. The fourth-order valence-corrected chi connectivity index (χ4v) is 3.25. The molecule has 0 aromatic heterocycles. The van der Waals surface area contributed by atoms with Gasteiger partial charge in [-0.25, -0.2) is 4.39 Å². The zero-order chi connectivity index (χ0) is 21.5. The second kappa shape index (κ2) is 10.7. The van der Waals surface area contributed by atoms with E-state index in [2.05, 4.69) is 0 Å². The van der Waals surface area contributed by atoms with Gasteiger partial charge in [-0.1, -0.05) is 24.3 Å². The van der Waals surface area contributed by atoms with Crippen molar-refractivity contribution in [2.75, 3.05) is 20.8 Å². The number of aliphatic hydroxyl groups excluding tert-OH is 2. The van der Waals surface area contributed by atoms with Crippen LogP contribution in [0.15, 0.2) is 48.5 Å². The molecule has 0 spiro atoms. The summed E-state index contributed by atoms with van der Waals surface area (Å²) in [7, 11) is 3.15. The molecule has 0 radical (unpaired) electrons. The van der Waals surface area contributed by atoms with E-state index in [1.54, 1.807) is 38.5 Å². The van der Waals surface area contributed by atoms with Gasteiger partial charge in [-0.15, -0.1) is 0 Å². The molecule has 164 valence electrons. The topological polar surface area (TPSA) is 86.6 Å². The second-order valence-corrected chi connectivity index (χ2v) is 6.95. The van der Waals surface area contributed by atoms with Gasteiger partial charge in [0.15, 0.2) is 0 Å². The summed E-state index contributed by atoms with van der Waals surface area (Å²) in [5.41, 5.74) is 1.66. The van der Waals surface area contributed by atoms with Crippen molar-refractivity contribution in [3.63, 3.8) is 0 Å². The van der Waals surface area contributed by atoms with Crippen molar-refractivity contribution in [3.8, 4) is 11.5 Å². The highest BCUT2D eigenvalue weighted by molar-refractivity contribution is 5.27. The van der Waals surface area contributed by atoms with E-state index in [4.69, 9.17) is 23.7 Å². The van der Waals surface area contributed by atoms with Crippen molar-refractivity contribution in [1.82, 2.24) is 0 Å². The van der Waals surface area contributed by atoms with Crippen molar-refractivity contribution in [1.29, 1.82) is 0 Å². The van der Waals surface area contributed by atoms with Crippen LogP contribution >= 0.6 is 0 Å². The first-order valence-electron chi connectivity index (χ1n) is 9.63. The third-order valence-corrected chi connectivity index (χ3v) is 4.98. The average molecular weight is 422 g/mol. The molecule has 0 saturated carbocycles. The molecule has 2 aromatic carbocycles. The monoisotopic (exact) mass is 422 g/mol. The van der Waals surface area contributed by atoms with Crippen LogP contribution < -0.4 is 9.47 Å². The molecule has 1 saturated heterocycles. The third kappa shape index (κ3) is 5.47. The summed E-state index contributed by atoms with van der Waals surface area (Å²) in [4.78, 5) is 0. The number of benzene rings is 2. The molecule has 2 aromatic rings. The van der Waals surface area contributed by atoms with Crippen LogP contribution in [0.2, 0.25) is 0 Å². The van der Waals surface area contributed by atoms with Crippen molar-refractivity contribution < 1.29 is 38.3 Å². The van der Waals surface area contributed by atoms with Gasteiger partial charge in [0, 0.05) is 0 Å². The summed E-state index contributed by atoms with van der Waals surface area (Å²) in [6, 6.07) is 14.4. The molecule has 2 N–H and O–H groups in total. The van der Waals surface area contributed by atoms with Crippen LogP contribution in [0.3, 0.4) is 0 Å². The van der Waals surface area contributed by atoms with E-state index in [0.29, 0.717) is 11.5 Å². The first-order chi connectivity index (χ1) is 14.5. The van der Waals surface area contributed by atoms with Gasteiger partial charge in [-0.2, -0.15) is 0 Å². The van der Waals surface area contributed by atoms with Gasteiger partial charge in [0.1, 0.15) is 35.9 Å². The van der Waals surface area contributed by atoms with E-state index in [9.17, 15) is 14.6 Å². The SMILES string of the molecule is COc1ccc(CO[C@@H]2[C@@H](O)[C@H](F)O[C@H](CO)[C@H]2OCc2ccc(OC)cc2)cc1. The van der Waals surface area contributed by atoms with Gasteiger partial charge in [0.05, 0.1) is 34.0 Å². The highest BCUT2D eigenvalue weighted by atomic mass is 19.1. The first kappa shape index (κ1) is 22.5. The van der Waals surface area contributed by atoms with Gasteiger partial charge in [0.2, 0.25) is 6.36 Å². The molecule has 1 aliphatic rings. The molecule has 0 amide bonds. The number of alkyl halides is 1. The van der Waals surface area contributed by atoms with E-state index in [0.717, 1.165) is 11.1 Å². The number of aliphatic hydroxyl groups is 2. The average Bonchev–Trinajstić information content (AvgIpc) is 2.79. The minimum absolute atomic E-state index is 0.124. The van der Waals surface area contributed by atoms with Gasteiger partial charge in [-0.3, -0.25) is 0 Å². The second-order valence-electron chi connectivity index (χ2n) is 6.95. The molecule has 0 unspecified atom stereocenters. The smallest absolute Gasteiger partial charge is 0.228 e. The maximum atomic E-state index is 14.2. The Labute approximate surface area is 174 Å². The number of hydrogen-bond donors (Lipinski definition) is 2. The molecule has 0 aliphatic carbocycles. The molecule has 5 atom stereocenters. The maximum Gasteiger partial charge on any atom is 0.228 e. The van der Waals surface area contributed by atoms with Crippen LogP contribution in [0.5, 0.6) is 11.5 Å². The molecule has 1 heterocycles. The van der Waals surface area contributed by atoms with E-state index in [1.165, 1.54) is 0 Å². The predicted molar refractivity (Wildman–Crippen MR) is 106 cm³/mol. The molecule has 1 fully saturated rings. The van der Waals surface area contributed by atoms with Crippen LogP contribution in [0.25, 0.3) is 0 Å². The maximum absolute atomic E-state index is 14.2. The fourth-order valence-electron chi connectivity index (χ4n) is 3.25. The zero-order valence-corrected chi connectivity index (χ0v) is 16.9. The zero-order valence-electron chi connectivity index (χ0n) is 16.9. The Morgan fingerprint density at radius 1 is 0.833 bits per heavy atom. The van der Waals surface area contributed by atoms with E-state index in [1.807, 2.05) is 24.3 Å². The highest BCUT2D eigenvalue weighted by Crippen LogP contribution is 2.28. The lowest BCUT2D eigenvalue weighted by atomic mass is 9.99. The Hall–Kier alpha value is -2.23. The van der Waals surface area contributed by atoms with Crippen molar-refractivity contribution in [2.24, 2.45) is 0 Å². The van der Waals surface area contributed by atoms with Crippen molar-refractivity contribution in [2.45, 2.75) is 44.0 Å². The largest absolute Gasteiger partial charge is 0.497 e. The number of ether oxygens (including phenoxy) is 5. The molecule has 7 nitrogen and oxygen atoms in total. The standard InChI is InChI=1S/C22H27FO7/c1-26-16-7-3-14(4-8-16)12-28-20-18(11-24)30-22(23)19(25)21(20)29-13-15-5-9-17(27-2)10-6-15/h3-10,18-22,24-25H,11-13H2,1-2H3/t18-,19-,20-,21-,22-/m1/s1. The number of hydrogen-bond acceptors (Lipinski definition) is 7. The molecule has 1 aliphatic heterocycles. The number of methoxy groups -OCH3 is 2. The first-order valence-corrected chi connectivity index (χ1v) is 9.63. The lowest BCUT2D eigenvalue weighted by Crippen LogP contribution is -2.59. The van der Waals surface area contributed by atoms with Crippen LogP contribution in [0.1, 0.15) is 11.1 Å². The molecular weight excluding hydrogens is 395 g/mol. The quantitative estimate of drug-likeness (QED) is 0.641. The number of rotatable bonds is 9. The van der Waals surface area contributed by atoms with Crippen molar-refractivity contribution in [3.05, 3.63) is 59.7 Å². The van der Waals surface area contributed by atoms with Crippen molar-refractivity contribution >= 4 is 0 Å². The minimum atomic E-state index is -1.98. The summed E-state index contributed by atoms with van der Waals surface area (Å²) in [5, 5.41) is 20.0. The Morgan fingerprint density at radius 2 is 1.30 bits per heavy atom. The molecular formula is C22H27FO7. The molecule has 3 rings (SSSR count). The number of halogens is 1.